The van der Waals surface area contributed by atoms with E-state index in [1.165, 1.54) is 32.1 Å². The van der Waals surface area contributed by atoms with Crippen molar-refractivity contribution in [3.8, 4) is 0 Å². The molecule has 4 heteroatoms. The van der Waals surface area contributed by atoms with E-state index in [2.05, 4.69) is 36.1 Å². The largest absolute Gasteiger partial charge is 0.373 e. The van der Waals surface area contributed by atoms with Gasteiger partial charge in [0, 0.05) is 32.6 Å². The van der Waals surface area contributed by atoms with Crippen LogP contribution in [-0.4, -0.2) is 30.6 Å². The molecule has 0 aliphatic heterocycles. The lowest BCUT2D eigenvalue weighted by atomic mass is 9.89. The Morgan fingerprint density at radius 1 is 1.20 bits per heavy atom. The van der Waals surface area contributed by atoms with Crippen LogP contribution < -0.4 is 10.2 Å². The summed E-state index contributed by atoms with van der Waals surface area (Å²) in [6, 6.07) is 0. The van der Waals surface area contributed by atoms with Gasteiger partial charge in [0.15, 0.2) is 0 Å². The summed E-state index contributed by atoms with van der Waals surface area (Å²) in [4.78, 5) is 11.6. The standard InChI is InChI=1S/C16H28N4/c1-5-14-18-15(17-3)12(2)16(19-14)20(4)11-13-9-7-6-8-10-13/h13H,5-11H2,1-4H3,(H,17,18,19). The zero-order valence-corrected chi connectivity index (χ0v) is 13.4. The molecule has 0 atom stereocenters. The highest BCUT2D eigenvalue weighted by molar-refractivity contribution is 5.58. The first kappa shape index (κ1) is 15.1. The Kier molecular flexibility index (Phi) is 5.21. The number of rotatable bonds is 5. The Hall–Kier alpha value is -1.32. The van der Waals surface area contributed by atoms with Gasteiger partial charge in [-0.3, -0.25) is 0 Å². The van der Waals surface area contributed by atoms with Gasteiger partial charge in [0.25, 0.3) is 0 Å². The minimum atomic E-state index is 0.825. The van der Waals surface area contributed by atoms with E-state index >= 15 is 0 Å². The maximum Gasteiger partial charge on any atom is 0.137 e. The SMILES string of the molecule is CCc1nc(NC)c(C)c(N(C)CC2CCCCC2)n1. The molecule has 2 rings (SSSR count). The summed E-state index contributed by atoms with van der Waals surface area (Å²) in [5, 5.41) is 3.19. The lowest BCUT2D eigenvalue weighted by Crippen LogP contribution is -2.28. The third kappa shape index (κ3) is 3.41. The van der Waals surface area contributed by atoms with Crippen LogP contribution in [0.1, 0.15) is 50.4 Å². The van der Waals surface area contributed by atoms with E-state index in [1.54, 1.807) is 0 Å². The van der Waals surface area contributed by atoms with E-state index in [0.717, 1.165) is 41.9 Å². The number of hydrogen-bond acceptors (Lipinski definition) is 4. The molecule has 0 bridgehead atoms. The number of anilines is 2. The molecule has 20 heavy (non-hydrogen) atoms. The highest BCUT2D eigenvalue weighted by Crippen LogP contribution is 2.28. The van der Waals surface area contributed by atoms with Gasteiger partial charge in [-0.1, -0.05) is 26.2 Å². The van der Waals surface area contributed by atoms with Gasteiger partial charge in [0.1, 0.15) is 17.5 Å². The van der Waals surface area contributed by atoms with Crippen LogP contribution in [-0.2, 0) is 6.42 Å². The first-order valence-corrected chi connectivity index (χ1v) is 7.92. The van der Waals surface area contributed by atoms with Gasteiger partial charge in [-0.05, 0) is 25.7 Å². The smallest absolute Gasteiger partial charge is 0.137 e. The van der Waals surface area contributed by atoms with Crippen LogP contribution in [0.4, 0.5) is 11.6 Å². The van der Waals surface area contributed by atoms with Crippen LogP contribution in [0.3, 0.4) is 0 Å². The molecule has 1 fully saturated rings. The Labute approximate surface area is 123 Å². The molecule has 1 saturated carbocycles. The molecule has 0 amide bonds. The van der Waals surface area contributed by atoms with Crippen LogP contribution in [0.15, 0.2) is 0 Å². The molecular weight excluding hydrogens is 248 g/mol. The zero-order valence-electron chi connectivity index (χ0n) is 13.4. The highest BCUT2D eigenvalue weighted by Gasteiger charge is 2.19. The topological polar surface area (TPSA) is 41.1 Å². The second-order valence-electron chi connectivity index (χ2n) is 5.93. The van der Waals surface area contributed by atoms with Crippen molar-refractivity contribution in [1.82, 2.24) is 9.97 Å². The Morgan fingerprint density at radius 3 is 2.50 bits per heavy atom. The van der Waals surface area contributed by atoms with Crippen molar-refractivity contribution < 1.29 is 0 Å². The lowest BCUT2D eigenvalue weighted by molar-refractivity contribution is 0.361. The van der Waals surface area contributed by atoms with Crippen molar-refractivity contribution in [2.24, 2.45) is 5.92 Å². The third-order valence-electron chi connectivity index (χ3n) is 4.34. The van der Waals surface area contributed by atoms with Gasteiger partial charge in [-0.2, -0.15) is 0 Å². The lowest BCUT2D eigenvalue weighted by Gasteiger charge is -2.29. The van der Waals surface area contributed by atoms with Gasteiger partial charge in [0.2, 0.25) is 0 Å². The summed E-state index contributed by atoms with van der Waals surface area (Å²) in [6.45, 7) is 5.33. The molecule has 0 aromatic carbocycles. The van der Waals surface area contributed by atoms with Crippen molar-refractivity contribution in [3.05, 3.63) is 11.4 Å². The Bertz CT molecular complexity index is 438. The van der Waals surface area contributed by atoms with E-state index in [1.807, 2.05) is 7.05 Å². The van der Waals surface area contributed by atoms with Crippen molar-refractivity contribution in [1.29, 1.82) is 0 Å². The molecule has 1 aromatic rings. The third-order valence-corrected chi connectivity index (χ3v) is 4.34. The van der Waals surface area contributed by atoms with Crippen molar-refractivity contribution >= 4 is 11.6 Å². The van der Waals surface area contributed by atoms with Crippen LogP contribution in [0.2, 0.25) is 0 Å². The summed E-state index contributed by atoms with van der Waals surface area (Å²) in [5.74, 6) is 3.80. The van der Waals surface area contributed by atoms with Crippen molar-refractivity contribution in [2.75, 3.05) is 30.9 Å². The van der Waals surface area contributed by atoms with Gasteiger partial charge >= 0.3 is 0 Å². The number of nitrogens with one attached hydrogen (secondary N) is 1. The quantitative estimate of drug-likeness (QED) is 0.895. The summed E-state index contributed by atoms with van der Waals surface area (Å²) in [6.07, 6.45) is 7.81. The molecular formula is C16H28N4. The van der Waals surface area contributed by atoms with Gasteiger partial charge < -0.3 is 10.2 Å². The molecule has 0 unspecified atom stereocenters. The van der Waals surface area contributed by atoms with Crippen LogP contribution in [0.25, 0.3) is 0 Å². The highest BCUT2D eigenvalue weighted by atomic mass is 15.2. The average Bonchev–Trinajstić information content (AvgIpc) is 2.48. The van der Waals surface area contributed by atoms with Crippen LogP contribution >= 0.6 is 0 Å². The summed E-state index contributed by atoms with van der Waals surface area (Å²) in [7, 11) is 4.10. The zero-order chi connectivity index (χ0) is 14.5. The van der Waals surface area contributed by atoms with Gasteiger partial charge in [-0.15, -0.1) is 0 Å². The fourth-order valence-corrected chi connectivity index (χ4v) is 3.17. The van der Waals surface area contributed by atoms with Crippen molar-refractivity contribution in [3.63, 3.8) is 0 Å². The van der Waals surface area contributed by atoms with E-state index < -0.39 is 0 Å². The summed E-state index contributed by atoms with van der Waals surface area (Å²) >= 11 is 0. The molecule has 0 saturated heterocycles. The second kappa shape index (κ2) is 6.91. The number of aromatic nitrogens is 2. The fourth-order valence-electron chi connectivity index (χ4n) is 3.17. The fraction of sp³-hybridized carbons (Fsp3) is 0.750. The maximum absolute atomic E-state index is 4.74. The number of hydrogen-bond donors (Lipinski definition) is 1. The molecule has 0 radical (unpaired) electrons. The predicted octanol–water partition coefficient (Wildman–Crippen LogP) is 3.41. The Morgan fingerprint density at radius 2 is 1.90 bits per heavy atom. The summed E-state index contributed by atoms with van der Waals surface area (Å²) in [5.41, 5.74) is 1.16. The van der Waals surface area contributed by atoms with E-state index in [9.17, 15) is 0 Å². The molecule has 112 valence electrons. The molecule has 1 aliphatic rings. The normalized spacial score (nSPS) is 16.2. The first-order valence-electron chi connectivity index (χ1n) is 7.92. The maximum atomic E-state index is 4.74. The first-order chi connectivity index (χ1) is 9.65. The van der Waals surface area contributed by atoms with E-state index in [0.29, 0.717) is 0 Å². The number of aryl methyl sites for hydroxylation is 1. The molecule has 1 aliphatic carbocycles. The van der Waals surface area contributed by atoms with Crippen LogP contribution in [0, 0.1) is 12.8 Å². The number of nitrogens with zero attached hydrogens (tertiary/aromatic N) is 3. The molecule has 1 aromatic heterocycles. The molecule has 1 heterocycles. The molecule has 1 N–H and O–H groups in total. The summed E-state index contributed by atoms with van der Waals surface area (Å²) < 4.78 is 0. The van der Waals surface area contributed by atoms with Crippen LogP contribution in [0.5, 0.6) is 0 Å². The molecule has 4 nitrogen and oxygen atoms in total. The van der Waals surface area contributed by atoms with E-state index in [-0.39, 0.29) is 0 Å². The Balaban J connectivity index is 2.16. The average molecular weight is 276 g/mol. The minimum Gasteiger partial charge on any atom is -0.373 e. The van der Waals surface area contributed by atoms with Crippen molar-refractivity contribution in [2.45, 2.75) is 52.4 Å². The second-order valence-corrected chi connectivity index (χ2v) is 5.93. The predicted molar refractivity (Wildman–Crippen MR) is 85.5 cm³/mol. The van der Waals surface area contributed by atoms with Gasteiger partial charge in [0.05, 0.1) is 0 Å². The molecule has 0 spiro atoms. The van der Waals surface area contributed by atoms with Gasteiger partial charge in [-0.25, -0.2) is 9.97 Å². The minimum absolute atomic E-state index is 0.825. The monoisotopic (exact) mass is 276 g/mol. The van der Waals surface area contributed by atoms with E-state index in [4.69, 9.17) is 4.98 Å².